The topological polar surface area (TPSA) is 24.9 Å². The van der Waals surface area contributed by atoms with Crippen LogP contribution in [0.15, 0.2) is 29.6 Å². The van der Waals surface area contributed by atoms with Gasteiger partial charge in [-0.05, 0) is 38.0 Å². The van der Waals surface area contributed by atoms with E-state index < -0.39 is 0 Å². The summed E-state index contributed by atoms with van der Waals surface area (Å²) in [5.74, 6) is -0.183. The molecule has 2 aromatic rings. The molecule has 1 N–H and O–H groups in total. The highest BCUT2D eigenvalue weighted by Crippen LogP contribution is 2.09. The third kappa shape index (κ3) is 3.89. The highest BCUT2D eigenvalue weighted by atomic mass is 32.1. The predicted molar refractivity (Wildman–Crippen MR) is 73.3 cm³/mol. The summed E-state index contributed by atoms with van der Waals surface area (Å²) in [6.45, 7) is 4.92. The van der Waals surface area contributed by atoms with Gasteiger partial charge in [-0.25, -0.2) is 9.37 Å². The number of hydrogen-bond donors (Lipinski definition) is 1. The monoisotopic (exact) mass is 264 g/mol. The molecule has 0 radical (unpaired) electrons. The minimum Gasteiger partial charge on any atom is -0.308 e. The minimum absolute atomic E-state index is 0.183. The maximum absolute atomic E-state index is 12.8. The van der Waals surface area contributed by atoms with Gasteiger partial charge in [0.1, 0.15) is 10.8 Å². The molecule has 0 bridgehead atoms. The Balaban J connectivity index is 1.81. The molecule has 0 saturated carbocycles. The van der Waals surface area contributed by atoms with E-state index in [2.05, 4.69) is 22.6 Å². The average molecular weight is 264 g/mol. The normalized spacial score (nSPS) is 12.6. The summed E-state index contributed by atoms with van der Waals surface area (Å²) in [5, 5.41) is 6.60. The highest BCUT2D eigenvalue weighted by molar-refractivity contribution is 7.09. The lowest BCUT2D eigenvalue weighted by Gasteiger charge is -2.12. The van der Waals surface area contributed by atoms with Crippen LogP contribution in [0.2, 0.25) is 0 Å². The number of nitrogens with zero attached hydrogens (tertiary/aromatic N) is 1. The molecule has 2 rings (SSSR count). The van der Waals surface area contributed by atoms with Crippen molar-refractivity contribution in [3.8, 4) is 0 Å². The van der Waals surface area contributed by atoms with E-state index in [9.17, 15) is 4.39 Å². The van der Waals surface area contributed by atoms with Crippen LogP contribution < -0.4 is 5.32 Å². The predicted octanol–water partition coefficient (Wildman–Crippen LogP) is 3.31. The van der Waals surface area contributed by atoms with E-state index in [0.29, 0.717) is 6.04 Å². The molecule has 2 nitrogen and oxygen atoms in total. The molecule has 1 aromatic carbocycles. The van der Waals surface area contributed by atoms with E-state index in [-0.39, 0.29) is 5.82 Å². The first-order chi connectivity index (χ1) is 8.63. The molecular weight excluding hydrogens is 247 g/mol. The lowest BCUT2D eigenvalue weighted by molar-refractivity contribution is 0.543. The summed E-state index contributed by atoms with van der Waals surface area (Å²) in [6, 6.07) is 7.03. The van der Waals surface area contributed by atoms with Gasteiger partial charge in [-0.15, -0.1) is 11.3 Å². The smallest absolute Gasteiger partial charge is 0.123 e. The van der Waals surface area contributed by atoms with Gasteiger partial charge in [0.2, 0.25) is 0 Å². The number of nitrogens with one attached hydrogen (secondary N) is 1. The SMILES string of the molecule is Cc1csc(CNC(C)Cc2ccc(F)cc2)n1. The van der Waals surface area contributed by atoms with Crippen molar-refractivity contribution in [3.63, 3.8) is 0 Å². The molecule has 0 aliphatic carbocycles. The lowest BCUT2D eigenvalue weighted by Crippen LogP contribution is -2.27. The van der Waals surface area contributed by atoms with Crippen LogP contribution in [-0.4, -0.2) is 11.0 Å². The number of rotatable bonds is 5. The van der Waals surface area contributed by atoms with Gasteiger partial charge in [0, 0.05) is 23.7 Å². The second-order valence-electron chi connectivity index (χ2n) is 4.50. The zero-order valence-electron chi connectivity index (χ0n) is 10.6. The quantitative estimate of drug-likeness (QED) is 0.896. The fourth-order valence-corrected chi connectivity index (χ4v) is 2.51. The largest absolute Gasteiger partial charge is 0.308 e. The summed E-state index contributed by atoms with van der Waals surface area (Å²) in [5.41, 5.74) is 2.22. The minimum atomic E-state index is -0.183. The first-order valence-electron chi connectivity index (χ1n) is 6.02. The van der Waals surface area contributed by atoms with Gasteiger partial charge in [0.25, 0.3) is 0 Å². The molecule has 18 heavy (non-hydrogen) atoms. The number of thiazole rings is 1. The molecule has 0 fully saturated rings. The van der Waals surface area contributed by atoms with Crippen molar-refractivity contribution in [2.75, 3.05) is 0 Å². The number of hydrogen-bond acceptors (Lipinski definition) is 3. The maximum Gasteiger partial charge on any atom is 0.123 e. The van der Waals surface area contributed by atoms with Gasteiger partial charge in [0.05, 0.1) is 0 Å². The van der Waals surface area contributed by atoms with E-state index in [4.69, 9.17) is 0 Å². The highest BCUT2D eigenvalue weighted by Gasteiger charge is 2.05. The van der Waals surface area contributed by atoms with Crippen LogP contribution in [0.3, 0.4) is 0 Å². The molecular formula is C14H17FN2S. The van der Waals surface area contributed by atoms with E-state index in [1.165, 1.54) is 12.1 Å². The van der Waals surface area contributed by atoms with E-state index in [0.717, 1.165) is 29.2 Å². The summed E-state index contributed by atoms with van der Waals surface area (Å²) in [6.07, 6.45) is 0.893. The van der Waals surface area contributed by atoms with Crippen LogP contribution in [0.5, 0.6) is 0 Å². The summed E-state index contributed by atoms with van der Waals surface area (Å²) in [4.78, 5) is 4.41. The summed E-state index contributed by atoms with van der Waals surface area (Å²) < 4.78 is 12.8. The first kappa shape index (κ1) is 13.2. The summed E-state index contributed by atoms with van der Waals surface area (Å²) in [7, 11) is 0. The van der Waals surface area contributed by atoms with Crippen LogP contribution in [0, 0.1) is 12.7 Å². The Morgan fingerprint density at radius 2 is 2.06 bits per heavy atom. The third-order valence-electron chi connectivity index (χ3n) is 2.72. The van der Waals surface area contributed by atoms with Crippen LogP contribution in [0.4, 0.5) is 4.39 Å². The van der Waals surface area contributed by atoms with Crippen LogP contribution >= 0.6 is 11.3 Å². The van der Waals surface area contributed by atoms with Crippen LogP contribution in [-0.2, 0) is 13.0 Å². The van der Waals surface area contributed by atoms with Gasteiger partial charge in [-0.3, -0.25) is 0 Å². The molecule has 1 atom stereocenters. The van der Waals surface area contributed by atoms with E-state index in [1.807, 2.05) is 19.1 Å². The van der Waals surface area contributed by atoms with E-state index >= 15 is 0 Å². The number of halogens is 1. The number of aromatic nitrogens is 1. The number of aryl methyl sites for hydroxylation is 1. The van der Waals surface area contributed by atoms with Crippen molar-refractivity contribution in [3.05, 3.63) is 51.7 Å². The molecule has 1 aromatic heterocycles. The van der Waals surface area contributed by atoms with E-state index in [1.54, 1.807) is 11.3 Å². The van der Waals surface area contributed by atoms with Gasteiger partial charge in [0.15, 0.2) is 0 Å². The zero-order valence-corrected chi connectivity index (χ0v) is 11.4. The van der Waals surface area contributed by atoms with Gasteiger partial charge < -0.3 is 5.32 Å². The lowest BCUT2D eigenvalue weighted by atomic mass is 10.1. The standard InChI is InChI=1S/C14H17FN2S/c1-10(7-12-3-5-13(15)6-4-12)16-8-14-17-11(2)9-18-14/h3-6,9-10,16H,7-8H2,1-2H3. The molecule has 96 valence electrons. The average Bonchev–Trinajstić information content (AvgIpc) is 2.76. The van der Waals surface area contributed by atoms with Crippen molar-refractivity contribution in [1.29, 1.82) is 0 Å². The molecule has 1 heterocycles. The van der Waals surface area contributed by atoms with Gasteiger partial charge in [-0.1, -0.05) is 12.1 Å². The molecule has 1 unspecified atom stereocenters. The van der Waals surface area contributed by atoms with Crippen LogP contribution in [0.1, 0.15) is 23.2 Å². The first-order valence-corrected chi connectivity index (χ1v) is 6.90. The van der Waals surface area contributed by atoms with Gasteiger partial charge in [-0.2, -0.15) is 0 Å². The fraction of sp³-hybridized carbons (Fsp3) is 0.357. The fourth-order valence-electron chi connectivity index (χ4n) is 1.79. The third-order valence-corrected chi connectivity index (χ3v) is 3.69. The molecule has 0 saturated heterocycles. The molecule has 0 aliphatic heterocycles. The Kier molecular flexibility index (Phi) is 4.44. The Morgan fingerprint density at radius 3 is 2.67 bits per heavy atom. The van der Waals surface area contributed by atoms with Crippen molar-refractivity contribution in [2.45, 2.75) is 32.9 Å². The second-order valence-corrected chi connectivity index (χ2v) is 5.44. The number of benzene rings is 1. The molecule has 0 spiro atoms. The second kappa shape index (κ2) is 6.07. The van der Waals surface area contributed by atoms with Crippen molar-refractivity contribution in [1.82, 2.24) is 10.3 Å². The summed E-state index contributed by atoms with van der Waals surface area (Å²) >= 11 is 1.68. The molecule has 4 heteroatoms. The Hall–Kier alpha value is -1.26. The maximum atomic E-state index is 12.8. The zero-order chi connectivity index (χ0) is 13.0. The molecule has 0 amide bonds. The van der Waals surface area contributed by atoms with Crippen LogP contribution in [0.25, 0.3) is 0 Å². The molecule has 0 aliphatic rings. The van der Waals surface area contributed by atoms with Crippen molar-refractivity contribution < 1.29 is 4.39 Å². The Morgan fingerprint density at radius 1 is 1.33 bits per heavy atom. The Labute approximate surface area is 111 Å². The Bertz CT molecular complexity index is 493. The van der Waals surface area contributed by atoms with Crippen molar-refractivity contribution in [2.24, 2.45) is 0 Å². The van der Waals surface area contributed by atoms with Gasteiger partial charge >= 0.3 is 0 Å². The van der Waals surface area contributed by atoms with Crippen molar-refractivity contribution >= 4 is 11.3 Å².